The van der Waals surface area contributed by atoms with Crippen LogP contribution in [-0.4, -0.2) is 47.3 Å². The van der Waals surface area contributed by atoms with Crippen LogP contribution < -0.4 is 16.3 Å². The first-order valence-corrected chi connectivity index (χ1v) is 8.72. The number of hydrogen-bond donors (Lipinski definition) is 2. The lowest BCUT2D eigenvalue weighted by Gasteiger charge is -2.39. The van der Waals surface area contributed by atoms with Gasteiger partial charge in [0.15, 0.2) is 0 Å². The second-order valence-corrected chi connectivity index (χ2v) is 6.74. The van der Waals surface area contributed by atoms with Gasteiger partial charge in [-0.2, -0.15) is 4.98 Å². The first kappa shape index (κ1) is 22.9. The monoisotopic (exact) mass is 406 g/mol. The first-order chi connectivity index (χ1) is 11.5. The fourth-order valence-corrected chi connectivity index (χ4v) is 3.73. The van der Waals surface area contributed by atoms with Crippen LogP contribution in [0.4, 0.5) is 0 Å². The van der Waals surface area contributed by atoms with E-state index in [4.69, 9.17) is 4.74 Å². The van der Waals surface area contributed by atoms with Gasteiger partial charge < -0.3 is 15.4 Å². The summed E-state index contributed by atoms with van der Waals surface area (Å²) in [4.78, 5) is 28.3. The minimum atomic E-state index is -0.259. The van der Waals surface area contributed by atoms with Crippen LogP contribution in [0.1, 0.15) is 30.7 Å². The SMILES string of the molecule is Cc1cc(C)n(CCNC(=O)[C@H]2CC[C@H]3OCCN[C@@H]3C2)c(=O)n1.Cl.Cl. The molecule has 1 aliphatic carbocycles. The molecule has 3 rings (SSSR count). The predicted octanol–water partition coefficient (Wildman–Crippen LogP) is 0.977. The molecule has 0 bridgehead atoms. The smallest absolute Gasteiger partial charge is 0.348 e. The molecule has 2 aliphatic rings. The molecule has 1 aromatic rings. The number of carbonyl (C=O) groups is 1. The molecule has 9 heteroatoms. The van der Waals surface area contributed by atoms with E-state index in [2.05, 4.69) is 15.6 Å². The maximum Gasteiger partial charge on any atom is 0.348 e. The zero-order valence-electron chi connectivity index (χ0n) is 15.2. The lowest BCUT2D eigenvalue weighted by Crippen LogP contribution is -2.53. The van der Waals surface area contributed by atoms with E-state index < -0.39 is 0 Å². The Morgan fingerprint density at radius 1 is 1.38 bits per heavy atom. The van der Waals surface area contributed by atoms with Gasteiger partial charge in [0.25, 0.3) is 0 Å². The molecule has 0 spiro atoms. The van der Waals surface area contributed by atoms with E-state index in [0.717, 1.165) is 43.8 Å². The lowest BCUT2D eigenvalue weighted by molar-refractivity contribution is -0.128. The number of rotatable bonds is 4. The van der Waals surface area contributed by atoms with Gasteiger partial charge in [-0.3, -0.25) is 9.36 Å². The van der Waals surface area contributed by atoms with Gasteiger partial charge in [-0.25, -0.2) is 4.79 Å². The fourth-order valence-electron chi connectivity index (χ4n) is 3.73. The second-order valence-electron chi connectivity index (χ2n) is 6.74. The molecule has 1 saturated carbocycles. The van der Waals surface area contributed by atoms with Crippen molar-refractivity contribution in [2.24, 2.45) is 5.92 Å². The van der Waals surface area contributed by atoms with Gasteiger partial charge in [0.05, 0.1) is 12.7 Å². The summed E-state index contributed by atoms with van der Waals surface area (Å²) in [7, 11) is 0. The van der Waals surface area contributed by atoms with E-state index >= 15 is 0 Å². The van der Waals surface area contributed by atoms with Crippen LogP contribution in [0.5, 0.6) is 0 Å². The quantitative estimate of drug-likeness (QED) is 0.777. The summed E-state index contributed by atoms with van der Waals surface area (Å²) in [6.07, 6.45) is 2.86. The number of ether oxygens (including phenoxy) is 1. The zero-order valence-corrected chi connectivity index (χ0v) is 16.8. The number of hydrogen-bond acceptors (Lipinski definition) is 5. The Labute approximate surface area is 166 Å². The summed E-state index contributed by atoms with van der Waals surface area (Å²) >= 11 is 0. The van der Waals surface area contributed by atoms with Crippen molar-refractivity contribution >= 4 is 30.7 Å². The predicted molar refractivity (Wildman–Crippen MR) is 104 cm³/mol. The van der Waals surface area contributed by atoms with Gasteiger partial charge in [-0.1, -0.05) is 0 Å². The number of nitrogens with zero attached hydrogens (tertiary/aromatic N) is 2. The van der Waals surface area contributed by atoms with E-state index in [1.165, 1.54) is 0 Å². The standard InChI is InChI=1S/C17H26N4O3.2ClH/c1-11-9-12(2)21(17(23)20-11)7-5-19-16(22)13-3-4-15-14(10-13)18-6-8-24-15;;/h9,13-15,18H,3-8,10H2,1-2H3,(H,19,22);2*1H/t13-,14+,15+;;/m0../s1. The Morgan fingerprint density at radius 2 is 2.15 bits per heavy atom. The summed E-state index contributed by atoms with van der Waals surface area (Å²) in [6, 6.07) is 2.16. The molecule has 3 atom stereocenters. The highest BCUT2D eigenvalue weighted by molar-refractivity contribution is 5.85. The summed E-state index contributed by atoms with van der Waals surface area (Å²) in [5.74, 6) is 0.0982. The Bertz CT molecular complexity index is 668. The lowest BCUT2D eigenvalue weighted by atomic mass is 9.82. The molecule has 0 aromatic carbocycles. The summed E-state index contributed by atoms with van der Waals surface area (Å²) < 4.78 is 7.34. The Hall–Kier alpha value is -1.15. The highest BCUT2D eigenvalue weighted by Gasteiger charge is 2.35. The van der Waals surface area contributed by atoms with Crippen LogP contribution >= 0.6 is 24.8 Å². The van der Waals surface area contributed by atoms with Crippen LogP contribution in [0.3, 0.4) is 0 Å². The average Bonchev–Trinajstić information content (AvgIpc) is 2.56. The van der Waals surface area contributed by atoms with Crippen LogP contribution in [-0.2, 0) is 16.1 Å². The minimum Gasteiger partial charge on any atom is -0.375 e. The van der Waals surface area contributed by atoms with Crippen molar-refractivity contribution in [2.75, 3.05) is 19.7 Å². The topological polar surface area (TPSA) is 85.3 Å². The van der Waals surface area contributed by atoms with Crippen molar-refractivity contribution in [1.82, 2.24) is 20.2 Å². The molecule has 0 radical (unpaired) electrons. The third-order valence-electron chi connectivity index (χ3n) is 4.98. The summed E-state index contributed by atoms with van der Waals surface area (Å²) in [5, 5.41) is 6.42. The fraction of sp³-hybridized carbons (Fsp3) is 0.706. The van der Waals surface area contributed by atoms with Gasteiger partial charge in [0.1, 0.15) is 0 Å². The van der Waals surface area contributed by atoms with Crippen molar-refractivity contribution in [3.8, 4) is 0 Å². The summed E-state index contributed by atoms with van der Waals surface area (Å²) in [6.45, 7) is 6.20. The zero-order chi connectivity index (χ0) is 17.1. The van der Waals surface area contributed by atoms with Crippen molar-refractivity contribution in [1.29, 1.82) is 0 Å². The van der Waals surface area contributed by atoms with Crippen LogP contribution in [0.15, 0.2) is 10.9 Å². The third kappa shape index (κ3) is 5.42. The van der Waals surface area contributed by atoms with Crippen molar-refractivity contribution in [3.05, 3.63) is 27.9 Å². The van der Waals surface area contributed by atoms with Gasteiger partial charge >= 0.3 is 5.69 Å². The van der Waals surface area contributed by atoms with Crippen molar-refractivity contribution in [3.63, 3.8) is 0 Å². The molecule has 2 N–H and O–H groups in total. The first-order valence-electron chi connectivity index (χ1n) is 8.72. The van der Waals surface area contributed by atoms with E-state index in [0.29, 0.717) is 13.1 Å². The molecular weight excluding hydrogens is 379 g/mol. The van der Waals surface area contributed by atoms with Gasteiger partial charge in [0, 0.05) is 43.0 Å². The van der Waals surface area contributed by atoms with Crippen LogP contribution in [0.2, 0.25) is 0 Å². The molecule has 26 heavy (non-hydrogen) atoms. The number of halogens is 2. The average molecular weight is 407 g/mol. The number of morpholine rings is 1. The molecule has 1 aliphatic heterocycles. The van der Waals surface area contributed by atoms with E-state index in [1.54, 1.807) is 11.5 Å². The molecule has 1 saturated heterocycles. The van der Waals surface area contributed by atoms with E-state index in [9.17, 15) is 9.59 Å². The highest BCUT2D eigenvalue weighted by atomic mass is 35.5. The van der Waals surface area contributed by atoms with Gasteiger partial charge in [-0.15, -0.1) is 24.8 Å². The molecular formula is C17H28Cl2N4O3. The number of nitrogens with one attached hydrogen (secondary N) is 2. The third-order valence-corrected chi connectivity index (χ3v) is 4.98. The van der Waals surface area contributed by atoms with E-state index in [1.807, 2.05) is 13.0 Å². The molecule has 148 valence electrons. The summed E-state index contributed by atoms with van der Waals surface area (Å²) in [5.41, 5.74) is 1.33. The molecule has 2 fully saturated rings. The second kappa shape index (κ2) is 10.3. The number of carbonyl (C=O) groups excluding carboxylic acids is 1. The molecule has 2 heterocycles. The number of fused-ring (bicyclic) bond motifs is 1. The highest BCUT2D eigenvalue weighted by Crippen LogP contribution is 2.28. The Kier molecular flexibility index (Phi) is 9.03. The van der Waals surface area contributed by atoms with Crippen LogP contribution in [0, 0.1) is 19.8 Å². The largest absolute Gasteiger partial charge is 0.375 e. The number of amides is 1. The molecule has 1 aromatic heterocycles. The van der Waals surface area contributed by atoms with Gasteiger partial charge in [0.2, 0.25) is 5.91 Å². The number of aromatic nitrogens is 2. The molecule has 1 amide bonds. The molecule has 0 unspecified atom stereocenters. The minimum absolute atomic E-state index is 0. The van der Waals surface area contributed by atoms with Crippen molar-refractivity contribution in [2.45, 2.75) is 51.8 Å². The van der Waals surface area contributed by atoms with Crippen LogP contribution in [0.25, 0.3) is 0 Å². The van der Waals surface area contributed by atoms with E-state index in [-0.39, 0.29) is 54.5 Å². The maximum atomic E-state index is 12.4. The maximum absolute atomic E-state index is 12.4. The number of aryl methyl sites for hydroxylation is 2. The molecule has 7 nitrogen and oxygen atoms in total. The normalized spacial score (nSPS) is 24.6. The Balaban J connectivity index is 0.00000169. The Morgan fingerprint density at radius 3 is 2.88 bits per heavy atom. The van der Waals surface area contributed by atoms with Crippen molar-refractivity contribution < 1.29 is 9.53 Å². The van der Waals surface area contributed by atoms with Gasteiger partial charge in [-0.05, 0) is 39.2 Å².